The molecule has 0 aromatic carbocycles. The number of rotatable bonds is 6. The molecule has 0 amide bonds. The van der Waals surface area contributed by atoms with Gasteiger partial charge in [0.15, 0.2) is 0 Å². The number of hydrogen-bond donors (Lipinski definition) is 1. The highest BCUT2D eigenvalue weighted by molar-refractivity contribution is 7.09. The van der Waals surface area contributed by atoms with Crippen LogP contribution in [0.5, 0.6) is 0 Å². The van der Waals surface area contributed by atoms with Gasteiger partial charge in [0.1, 0.15) is 5.01 Å². The number of thiazole rings is 1. The normalized spacial score (nSPS) is 12.8. The zero-order chi connectivity index (χ0) is 11.2. The van der Waals surface area contributed by atoms with Crippen molar-refractivity contribution in [3.63, 3.8) is 0 Å². The van der Waals surface area contributed by atoms with Crippen molar-refractivity contribution in [2.75, 3.05) is 6.54 Å². The molecule has 2 heterocycles. The van der Waals surface area contributed by atoms with Crippen molar-refractivity contribution in [2.24, 2.45) is 0 Å². The number of aromatic nitrogens is 3. The van der Waals surface area contributed by atoms with Gasteiger partial charge in [-0.15, -0.1) is 11.3 Å². The quantitative estimate of drug-likeness (QED) is 0.835. The van der Waals surface area contributed by atoms with Crippen molar-refractivity contribution >= 4 is 11.3 Å². The summed E-state index contributed by atoms with van der Waals surface area (Å²) in [6.45, 7) is 4.06. The Balaban J connectivity index is 1.80. The fourth-order valence-corrected chi connectivity index (χ4v) is 2.40. The van der Waals surface area contributed by atoms with Crippen molar-refractivity contribution in [2.45, 2.75) is 25.9 Å². The van der Waals surface area contributed by atoms with Gasteiger partial charge in [-0.25, -0.2) is 9.97 Å². The average Bonchev–Trinajstić information content (AvgIpc) is 2.96. The predicted octanol–water partition coefficient (Wildman–Crippen LogP) is 2.08. The van der Waals surface area contributed by atoms with Crippen LogP contribution in [0.1, 0.15) is 24.4 Å². The van der Waals surface area contributed by atoms with E-state index in [1.807, 2.05) is 24.1 Å². The second-order valence-electron chi connectivity index (χ2n) is 3.59. The van der Waals surface area contributed by atoms with Crippen molar-refractivity contribution in [3.8, 4) is 0 Å². The van der Waals surface area contributed by atoms with Crippen molar-refractivity contribution in [1.29, 1.82) is 0 Å². The van der Waals surface area contributed by atoms with Crippen molar-refractivity contribution < 1.29 is 0 Å². The summed E-state index contributed by atoms with van der Waals surface area (Å²) in [5.41, 5.74) is 0. The molecule has 2 aromatic rings. The molecule has 2 rings (SSSR count). The van der Waals surface area contributed by atoms with E-state index in [9.17, 15) is 0 Å². The maximum Gasteiger partial charge on any atom is 0.109 e. The fourth-order valence-electron chi connectivity index (χ4n) is 1.60. The zero-order valence-corrected chi connectivity index (χ0v) is 10.2. The number of imidazole rings is 1. The summed E-state index contributed by atoms with van der Waals surface area (Å²) in [7, 11) is 0. The van der Waals surface area contributed by atoms with Crippen molar-refractivity contribution in [1.82, 2.24) is 19.9 Å². The largest absolute Gasteiger partial charge is 0.336 e. The monoisotopic (exact) mass is 236 g/mol. The molecule has 0 aliphatic carbocycles. The van der Waals surface area contributed by atoms with Crippen LogP contribution in [0.15, 0.2) is 30.3 Å². The Kier molecular flexibility index (Phi) is 4.07. The predicted molar refractivity (Wildman–Crippen MR) is 65.4 cm³/mol. The van der Waals surface area contributed by atoms with E-state index < -0.39 is 0 Å². The van der Waals surface area contributed by atoms with Gasteiger partial charge in [-0.3, -0.25) is 0 Å². The molecular weight excluding hydrogens is 220 g/mol. The van der Waals surface area contributed by atoms with Gasteiger partial charge >= 0.3 is 0 Å². The van der Waals surface area contributed by atoms with Crippen LogP contribution in [0.4, 0.5) is 0 Å². The molecule has 0 saturated heterocycles. The first-order valence-electron chi connectivity index (χ1n) is 5.48. The molecule has 1 N–H and O–H groups in total. The second kappa shape index (κ2) is 5.77. The van der Waals surface area contributed by atoms with Crippen LogP contribution in [-0.2, 0) is 6.54 Å². The Bertz CT molecular complexity index is 382. The fraction of sp³-hybridized carbons (Fsp3) is 0.455. The maximum atomic E-state index is 4.34. The Morgan fingerprint density at radius 1 is 1.50 bits per heavy atom. The summed E-state index contributed by atoms with van der Waals surface area (Å²) in [6, 6.07) is 0.378. The molecule has 0 saturated carbocycles. The Labute approximate surface area is 99.4 Å². The van der Waals surface area contributed by atoms with E-state index >= 15 is 0 Å². The molecule has 5 heteroatoms. The van der Waals surface area contributed by atoms with Crippen LogP contribution in [-0.4, -0.2) is 21.1 Å². The molecule has 0 spiro atoms. The molecule has 16 heavy (non-hydrogen) atoms. The Morgan fingerprint density at radius 3 is 3.06 bits per heavy atom. The first kappa shape index (κ1) is 11.3. The van der Waals surface area contributed by atoms with Gasteiger partial charge < -0.3 is 9.88 Å². The van der Waals surface area contributed by atoms with Crippen LogP contribution in [0.3, 0.4) is 0 Å². The SMILES string of the molecule is CCC(NCCn1ccnc1)c1nccs1. The van der Waals surface area contributed by atoms with E-state index in [-0.39, 0.29) is 0 Å². The lowest BCUT2D eigenvalue weighted by Gasteiger charge is -2.14. The molecule has 0 fully saturated rings. The van der Waals surface area contributed by atoms with Crippen LogP contribution < -0.4 is 5.32 Å². The van der Waals surface area contributed by atoms with Gasteiger partial charge in [-0.2, -0.15) is 0 Å². The lowest BCUT2D eigenvalue weighted by atomic mass is 10.2. The minimum absolute atomic E-state index is 0.378. The van der Waals surface area contributed by atoms with Crippen LogP contribution >= 0.6 is 11.3 Å². The summed E-state index contributed by atoms with van der Waals surface area (Å²) in [5.74, 6) is 0. The highest BCUT2D eigenvalue weighted by atomic mass is 32.1. The average molecular weight is 236 g/mol. The maximum absolute atomic E-state index is 4.34. The summed E-state index contributed by atoms with van der Waals surface area (Å²) in [4.78, 5) is 8.35. The minimum Gasteiger partial charge on any atom is -0.336 e. The van der Waals surface area contributed by atoms with E-state index in [1.165, 1.54) is 5.01 Å². The van der Waals surface area contributed by atoms with Crippen LogP contribution in [0.25, 0.3) is 0 Å². The summed E-state index contributed by atoms with van der Waals surface area (Å²) < 4.78 is 2.07. The molecule has 0 bridgehead atoms. The van der Waals surface area contributed by atoms with Gasteiger partial charge in [0.2, 0.25) is 0 Å². The van der Waals surface area contributed by atoms with Gasteiger partial charge in [0.25, 0.3) is 0 Å². The summed E-state index contributed by atoms with van der Waals surface area (Å²) in [5, 5.41) is 6.71. The van der Waals surface area contributed by atoms with Gasteiger partial charge in [-0.1, -0.05) is 6.92 Å². The summed E-state index contributed by atoms with van der Waals surface area (Å²) in [6.07, 6.45) is 8.55. The molecule has 1 unspecified atom stereocenters. The molecule has 0 radical (unpaired) electrons. The van der Waals surface area contributed by atoms with Crippen LogP contribution in [0.2, 0.25) is 0 Å². The zero-order valence-electron chi connectivity index (χ0n) is 9.34. The molecule has 4 nitrogen and oxygen atoms in total. The van der Waals surface area contributed by atoms with Gasteiger partial charge in [0, 0.05) is 37.1 Å². The second-order valence-corrected chi connectivity index (χ2v) is 4.51. The Hall–Kier alpha value is -1.20. The van der Waals surface area contributed by atoms with E-state index in [0.29, 0.717) is 6.04 Å². The topological polar surface area (TPSA) is 42.7 Å². The third-order valence-corrected chi connectivity index (χ3v) is 3.37. The molecular formula is C11H16N4S. The number of nitrogens with one attached hydrogen (secondary N) is 1. The van der Waals surface area contributed by atoms with E-state index in [1.54, 1.807) is 17.5 Å². The highest BCUT2D eigenvalue weighted by Crippen LogP contribution is 2.18. The third-order valence-electron chi connectivity index (χ3n) is 2.48. The minimum atomic E-state index is 0.378. The van der Waals surface area contributed by atoms with Gasteiger partial charge in [-0.05, 0) is 6.42 Å². The molecule has 2 aromatic heterocycles. The number of nitrogens with zero attached hydrogens (tertiary/aromatic N) is 3. The van der Waals surface area contributed by atoms with E-state index in [2.05, 4.69) is 26.8 Å². The smallest absolute Gasteiger partial charge is 0.109 e. The van der Waals surface area contributed by atoms with Crippen molar-refractivity contribution in [3.05, 3.63) is 35.3 Å². The third kappa shape index (κ3) is 2.90. The number of hydrogen-bond acceptors (Lipinski definition) is 4. The lowest BCUT2D eigenvalue weighted by molar-refractivity contribution is 0.490. The van der Waals surface area contributed by atoms with Crippen LogP contribution in [0, 0.1) is 0 Å². The summed E-state index contributed by atoms with van der Waals surface area (Å²) >= 11 is 1.71. The van der Waals surface area contributed by atoms with E-state index in [4.69, 9.17) is 0 Å². The van der Waals surface area contributed by atoms with E-state index in [0.717, 1.165) is 19.5 Å². The van der Waals surface area contributed by atoms with Gasteiger partial charge in [0.05, 0.1) is 12.4 Å². The highest BCUT2D eigenvalue weighted by Gasteiger charge is 2.10. The first-order chi connectivity index (χ1) is 7.90. The molecule has 0 aliphatic rings. The first-order valence-corrected chi connectivity index (χ1v) is 6.36. The lowest BCUT2D eigenvalue weighted by Crippen LogP contribution is -2.24. The Morgan fingerprint density at radius 2 is 2.44 bits per heavy atom. The molecule has 0 aliphatic heterocycles. The molecule has 1 atom stereocenters. The standard InChI is InChI=1S/C11H16N4S/c1-2-10(11-14-5-8-16-11)13-4-7-15-6-3-12-9-15/h3,5-6,8-10,13H,2,4,7H2,1H3. The molecule has 86 valence electrons.